The molecule has 0 unspecified atom stereocenters. The van der Waals surface area contributed by atoms with Crippen molar-refractivity contribution < 1.29 is 13.5 Å². The predicted octanol–water partition coefficient (Wildman–Crippen LogP) is 2.17. The van der Waals surface area contributed by atoms with Crippen molar-refractivity contribution in [1.29, 1.82) is 0 Å². The van der Waals surface area contributed by atoms with Crippen LogP contribution in [-0.4, -0.2) is 34.4 Å². The van der Waals surface area contributed by atoms with Crippen LogP contribution in [0.4, 0.5) is 8.78 Å². The van der Waals surface area contributed by atoms with Crippen LogP contribution in [0.1, 0.15) is 19.2 Å². The highest BCUT2D eigenvalue weighted by atomic mass is 32.1. The van der Waals surface area contributed by atoms with Gasteiger partial charge in [-0.1, -0.05) is 6.92 Å². The lowest BCUT2D eigenvalue weighted by Crippen LogP contribution is -2.10. The topological polar surface area (TPSA) is 42.8 Å². The molecule has 1 aromatic rings. The predicted molar refractivity (Wildman–Crippen MR) is 58.2 cm³/mol. The van der Waals surface area contributed by atoms with Crippen molar-refractivity contribution in [2.24, 2.45) is 0 Å². The number of aromatic nitrogens is 3. The lowest BCUT2D eigenvalue weighted by Gasteiger charge is -2.05. The van der Waals surface area contributed by atoms with Crippen molar-refractivity contribution in [3.8, 4) is 0 Å². The minimum atomic E-state index is -2.42. The fourth-order valence-corrected chi connectivity index (χ4v) is 1.57. The Balaban J connectivity index is 2.44. The number of aromatic amines is 1. The van der Waals surface area contributed by atoms with Gasteiger partial charge < -0.3 is 9.30 Å². The summed E-state index contributed by atoms with van der Waals surface area (Å²) < 4.78 is 30.8. The van der Waals surface area contributed by atoms with Gasteiger partial charge in [0, 0.05) is 13.0 Å². The quantitative estimate of drug-likeness (QED) is 0.596. The molecule has 0 aliphatic carbocycles. The van der Waals surface area contributed by atoms with Gasteiger partial charge in [-0.2, -0.15) is 5.10 Å². The summed E-state index contributed by atoms with van der Waals surface area (Å²) in [5, 5.41) is 6.71. The van der Waals surface area contributed by atoms with E-state index in [4.69, 9.17) is 17.0 Å². The average molecular weight is 251 g/mol. The molecule has 0 atom stereocenters. The Hall–Kier alpha value is -0.820. The fourth-order valence-electron chi connectivity index (χ4n) is 1.33. The Bertz CT molecular complexity index is 364. The fraction of sp³-hybridized carbons (Fsp3) is 0.778. The van der Waals surface area contributed by atoms with Crippen LogP contribution < -0.4 is 0 Å². The molecule has 1 aromatic heterocycles. The molecule has 0 aromatic carbocycles. The minimum absolute atomic E-state index is 0.230. The molecule has 0 aliphatic rings. The van der Waals surface area contributed by atoms with E-state index in [1.54, 1.807) is 0 Å². The highest BCUT2D eigenvalue weighted by Gasteiger charge is 2.06. The lowest BCUT2D eigenvalue weighted by molar-refractivity contribution is 0.0181. The van der Waals surface area contributed by atoms with Crippen LogP contribution in [-0.2, 0) is 17.7 Å². The maximum Gasteiger partial charge on any atom is 0.261 e. The van der Waals surface area contributed by atoms with Crippen LogP contribution in [0.2, 0.25) is 0 Å². The first-order valence-electron chi connectivity index (χ1n) is 5.15. The lowest BCUT2D eigenvalue weighted by atomic mass is 10.4. The molecule has 0 saturated carbocycles. The molecule has 0 aliphatic heterocycles. The van der Waals surface area contributed by atoms with Gasteiger partial charge in [-0.25, -0.2) is 8.78 Å². The van der Waals surface area contributed by atoms with Crippen molar-refractivity contribution in [3.05, 3.63) is 10.6 Å². The van der Waals surface area contributed by atoms with E-state index in [9.17, 15) is 8.78 Å². The summed E-state index contributed by atoms with van der Waals surface area (Å²) in [6, 6.07) is 0. The Morgan fingerprint density at radius 3 is 2.94 bits per heavy atom. The second-order valence-electron chi connectivity index (χ2n) is 3.31. The summed E-state index contributed by atoms with van der Waals surface area (Å²) in [6.07, 6.45) is -0.991. The molecule has 0 radical (unpaired) electrons. The van der Waals surface area contributed by atoms with Crippen LogP contribution in [0.5, 0.6) is 0 Å². The summed E-state index contributed by atoms with van der Waals surface area (Å²) in [7, 11) is 0. The highest BCUT2D eigenvalue weighted by molar-refractivity contribution is 7.71. The van der Waals surface area contributed by atoms with E-state index >= 15 is 0 Å². The minimum Gasteiger partial charge on any atom is -0.375 e. The smallest absolute Gasteiger partial charge is 0.261 e. The molecule has 92 valence electrons. The van der Waals surface area contributed by atoms with E-state index in [2.05, 4.69) is 10.2 Å². The number of hydrogen-bond acceptors (Lipinski definition) is 3. The molecule has 0 saturated heterocycles. The zero-order chi connectivity index (χ0) is 12.0. The van der Waals surface area contributed by atoms with Crippen LogP contribution in [0, 0.1) is 4.77 Å². The van der Waals surface area contributed by atoms with E-state index in [0.29, 0.717) is 11.2 Å². The Morgan fingerprint density at radius 1 is 1.56 bits per heavy atom. The Kier molecular flexibility index (Phi) is 5.54. The van der Waals surface area contributed by atoms with Crippen LogP contribution in [0.15, 0.2) is 0 Å². The molecule has 0 bridgehead atoms. The number of ether oxygens (including phenoxy) is 1. The van der Waals surface area contributed by atoms with E-state index in [-0.39, 0.29) is 6.61 Å². The zero-order valence-electron chi connectivity index (χ0n) is 9.08. The second-order valence-corrected chi connectivity index (χ2v) is 3.70. The summed E-state index contributed by atoms with van der Waals surface area (Å²) >= 11 is 5.04. The van der Waals surface area contributed by atoms with Gasteiger partial charge >= 0.3 is 0 Å². The summed E-state index contributed by atoms with van der Waals surface area (Å²) in [5.74, 6) is 0.751. The molecule has 16 heavy (non-hydrogen) atoms. The molecule has 0 spiro atoms. The largest absolute Gasteiger partial charge is 0.375 e. The molecular weight excluding hydrogens is 236 g/mol. The summed E-state index contributed by atoms with van der Waals surface area (Å²) in [6.45, 7) is 2.51. The van der Waals surface area contributed by atoms with Crippen LogP contribution in [0.3, 0.4) is 0 Å². The van der Waals surface area contributed by atoms with Gasteiger partial charge in [-0.3, -0.25) is 5.10 Å². The van der Waals surface area contributed by atoms with E-state index in [1.807, 2.05) is 11.5 Å². The molecule has 7 heteroatoms. The average Bonchev–Trinajstić information content (AvgIpc) is 2.56. The van der Waals surface area contributed by atoms with Crippen molar-refractivity contribution >= 4 is 12.2 Å². The maximum atomic E-state index is 11.8. The molecule has 1 N–H and O–H groups in total. The SMILES string of the molecule is CCCn1c(CCOCC(F)F)n[nH]c1=S. The van der Waals surface area contributed by atoms with Gasteiger partial charge in [0.15, 0.2) is 4.77 Å². The van der Waals surface area contributed by atoms with E-state index in [0.717, 1.165) is 18.8 Å². The summed E-state index contributed by atoms with van der Waals surface area (Å²) in [5.41, 5.74) is 0. The van der Waals surface area contributed by atoms with Crippen molar-refractivity contribution in [2.75, 3.05) is 13.2 Å². The Morgan fingerprint density at radius 2 is 2.31 bits per heavy atom. The third kappa shape index (κ3) is 3.97. The van der Waals surface area contributed by atoms with Gasteiger partial charge in [0.05, 0.1) is 6.61 Å². The third-order valence-corrected chi connectivity index (χ3v) is 2.31. The Labute approximate surface area is 97.6 Å². The first kappa shape index (κ1) is 13.2. The molecule has 0 fully saturated rings. The number of halogens is 2. The number of alkyl halides is 2. The van der Waals surface area contributed by atoms with Crippen LogP contribution >= 0.6 is 12.2 Å². The molecule has 4 nitrogen and oxygen atoms in total. The van der Waals surface area contributed by atoms with Crippen molar-refractivity contribution in [1.82, 2.24) is 14.8 Å². The standard InChI is InChI=1S/C9H15F2N3OS/c1-2-4-14-8(12-13-9(14)16)3-5-15-6-7(10)11/h7H,2-6H2,1H3,(H,13,16). The molecule has 1 rings (SSSR count). The van der Waals surface area contributed by atoms with Gasteiger partial charge in [0.25, 0.3) is 6.43 Å². The maximum absolute atomic E-state index is 11.8. The number of H-pyrrole nitrogens is 1. The number of nitrogens with one attached hydrogen (secondary N) is 1. The van der Waals surface area contributed by atoms with Crippen LogP contribution in [0.25, 0.3) is 0 Å². The van der Waals surface area contributed by atoms with Gasteiger partial charge in [-0.05, 0) is 18.6 Å². The monoisotopic (exact) mass is 251 g/mol. The third-order valence-electron chi connectivity index (χ3n) is 2.00. The molecule has 1 heterocycles. The zero-order valence-corrected chi connectivity index (χ0v) is 9.90. The highest BCUT2D eigenvalue weighted by Crippen LogP contribution is 2.02. The number of nitrogens with zero attached hydrogens (tertiary/aromatic N) is 2. The number of rotatable bonds is 7. The first-order valence-corrected chi connectivity index (χ1v) is 5.56. The van der Waals surface area contributed by atoms with Gasteiger partial charge in [0.1, 0.15) is 12.4 Å². The van der Waals surface area contributed by atoms with E-state index in [1.165, 1.54) is 0 Å². The van der Waals surface area contributed by atoms with Crippen molar-refractivity contribution in [3.63, 3.8) is 0 Å². The summed E-state index contributed by atoms with van der Waals surface area (Å²) in [4.78, 5) is 0. The molecular formula is C9H15F2N3OS. The second kappa shape index (κ2) is 6.70. The first-order chi connectivity index (χ1) is 7.65. The number of hydrogen-bond donors (Lipinski definition) is 1. The normalized spacial score (nSPS) is 11.2. The van der Waals surface area contributed by atoms with Crippen molar-refractivity contribution in [2.45, 2.75) is 32.7 Å². The molecule has 0 amide bonds. The van der Waals surface area contributed by atoms with Gasteiger partial charge in [0.2, 0.25) is 0 Å². The van der Waals surface area contributed by atoms with Gasteiger partial charge in [-0.15, -0.1) is 0 Å². The van der Waals surface area contributed by atoms with E-state index < -0.39 is 13.0 Å².